The Morgan fingerprint density at radius 1 is 0.253 bits per heavy atom. The van der Waals surface area contributed by atoms with Gasteiger partial charge in [-0.25, -0.2) is 4.89 Å². The van der Waals surface area contributed by atoms with E-state index in [1.54, 1.807) is 0 Å². The smallest absolute Gasteiger partial charge is 0.0983 e. The molecular weight excluding hydrogens is 965 g/mol. The molecule has 0 heterocycles. The van der Waals surface area contributed by atoms with Gasteiger partial charge in [0.25, 0.3) is 0 Å². The van der Waals surface area contributed by atoms with Crippen LogP contribution in [0, 0.1) is 118 Å². The number of hydrogen-bond donors (Lipinski definition) is 1. The highest BCUT2D eigenvalue weighted by atomic mass is 17.1. The summed E-state index contributed by atoms with van der Waals surface area (Å²) in [4.78, 5) is 5.22. The third kappa shape index (κ3) is 19.9. The van der Waals surface area contributed by atoms with Crippen LogP contribution < -0.4 is 0 Å². The van der Waals surface area contributed by atoms with E-state index in [0.717, 1.165) is 120 Å². The van der Waals surface area contributed by atoms with Gasteiger partial charge in [0.05, 0.1) is 18.3 Å². The standard InChI is InChI=1S/C27H48O2.C27H48O.C21H38O.11H2/c1-19-3-7-21(8-4-19)23-11-15-25(16-12-23)27(29-28)26-17-13-24(14-18-26)22-9-5-20(2)6-10-22;1-20-3-9-23(10-4-20)25-13-7-22(8-14-25)19-28-27-17-15-26(16-18-27)24-11-5-21(2)6-12-24;1-16-3-9-19(10-4-16)20-11-7-18(8-12-20)15-22-21-13-5-17(2)6-14-21;;;;;;;;;;;/h19-28H,3-18H2,1-2H3;20-27H,3-19H2,1-2H3;16-21H,3-15H2,1-2H3;11*1H. The molecule has 480 valence electrons. The van der Waals surface area contributed by atoms with Gasteiger partial charge in [0.1, 0.15) is 0 Å². The maximum Gasteiger partial charge on any atom is 0.0983 e. The van der Waals surface area contributed by atoms with Crippen LogP contribution in [0.25, 0.3) is 0 Å². The van der Waals surface area contributed by atoms with E-state index in [1.807, 2.05) is 0 Å². The van der Waals surface area contributed by atoms with Crippen LogP contribution in [0.5, 0.6) is 0 Å². The van der Waals surface area contributed by atoms with Crippen molar-refractivity contribution in [3.63, 3.8) is 0 Å². The first kappa shape index (κ1) is 63.3. The lowest BCUT2D eigenvalue weighted by molar-refractivity contribution is -0.307. The highest BCUT2D eigenvalue weighted by molar-refractivity contribution is 4.91. The van der Waals surface area contributed by atoms with Gasteiger partial charge in [-0.2, -0.15) is 0 Å². The topological polar surface area (TPSA) is 47.9 Å². The maximum absolute atomic E-state index is 9.82. The first-order valence-corrected chi connectivity index (χ1v) is 37.0. The third-order valence-electron chi connectivity index (χ3n) is 26.9. The summed E-state index contributed by atoms with van der Waals surface area (Å²) >= 11 is 0. The molecule has 0 atom stereocenters. The minimum atomic E-state index is 0. The summed E-state index contributed by atoms with van der Waals surface area (Å²) in [6, 6.07) is 0. The van der Waals surface area contributed by atoms with Crippen LogP contribution >= 0.6 is 0 Å². The Balaban J connectivity index is -0.00000120. The molecule has 0 aromatic rings. The molecule has 4 heteroatoms. The zero-order valence-corrected chi connectivity index (χ0v) is 53.5. The SMILES string of the molecule is CC1CCC(C2CCC(C(OO)C3CCC(C4CCC(C)CC4)CC3)CC2)CC1.CC1CCC(C2CCC(COC3CCC(C4CCC(C)CC4)CC3)CC2)CC1.CC1CCC(OCC2CCC(C3CCC(C)CC3)CC2)CC1.[HH].[HH].[HH].[HH].[HH].[HH].[HH].[HH].[HH].[HH].[HH]. The van der Waals surface area contributed by atoms with Gasteiger partial charge in [0.15, 0.2) is 0 Å². The zero-order valence-electron chi connectivity index (χ0n) is 53.5. The molecule has 0 bridgehead atoms. The molecule has 0 spiro atoms. The Labute approximate surface area is 507 Å². The fourth-order valence-corrected chi connectivity index (χ4v) is 20.6. The van der Waals surface area contributed by atoms with Crippen LogP contribution in [0.3, 0.4) is 0 Å². The van der Waals surface area contributed by atoms with Crippen LogP contribution in [0.1, 0.15) is 340 Å². The van der Waals surface area contributed by atoms with E-state index < -0.39 is 0 Å². The van der Waals surface area contributed by atoms with E-state index in [2.05, 4.69) is 41.5 Å². The van der Waals surface area contributed by atoms with Crippen molar-refractivity contribution < 1.29 is 35.3 Å². The average Bonchev–Trinajstić information content (AvgIpc) is 1.67. The van der Waals surface area contributed by atoms with Gasteiger partial charge in [-0.3, -0.25) is 5.26 Å². The van der Waals surface area contributed by atoms with E-state index in [4.69, 9.17) is 14.4 Å². The molecule has 11 aliphatic carbocycles. The van der Waals surface area contributed by atoms with Crippen LogP contribution in [0.4, 0.5) is 0 Å². The largest absolute Gasteiger partial charge is 0.378 e. The Morgan fingerprint density at radius 2 is 0.430 bits per heavy atom. The van der Waals surface area contributed by atoms with Crippen LogP contribution in [0.2, 0.25) is 0 Å². The zero-order chi connectivity index (χ0) is 54.9. The van der Waals surface area contributed by atoms with Gasteiger partial charge in [-0.15, -0.1) is 0 Å². The van der Waals surface area contributed by atoms with Crippen molar-refractivity contribution in [1.82, 2.24) is 0 Å². The lowest BCUT2D eigenvalue weighted by atomic mass is 9.65. The van der Waals surface area contributed by atoms with Gasteiger partial charge in [0, 0.05) is 28.9 Å². The molecule has 11 saturated carbocycles. The molecule has 79 heavy (non-hydrogen) atoms. The highest BCUT2D eigenvalue weighted by Gasteiger charge is 2.40. The summed E-state index contributed by atoms with van der Waals surface area (Å²) in [7, 11) is 0. The van der Waals surface area contributed by atoms with Crippen LogP contribution in [-0.4, -0.2) is 36.8 Å². The van der Waals surface area contributed by atoms with Gasteiger partial charge >= 0.3 is 0 Å². The molecule has 0 saturated heterocycles. The average molecular weight is 1120 g/mol. The number of hydrogen-bond acceptors (Lipinski definition) is 4. The van der Waals surface area contributed by atoms with Gasteiger partial charge in [-0.05, 0) is 337 Å². The predicted molar refractivity (Wildman–Crippen MR) is 357 cm³/mol. The summed E-state index contributed by atoms with van der Waals surface area (Å²) in [6.45, 7) is 16.7. The molecule has 4 nitrogen and oxygen atoms in total. The maximum atomic E-state index is 9.82. The van der Waals surface area contributed by atoms with Crippen molar-refractivity contribution in [3.8, 4) is 0 Å². The number of rotatable bonds is 14. The summed E-state index contributed by atoms with van der Waals surface area (Å²) < 4.78 is 12.7. The minimum absolute atomic E-state index is 0. The fourth-order valence-electron chi connectivity index (χ4n) is 20.6. The second-order valence-electron chi connectivity index (χ2n) is 32.7. The molecule has 11 rings (SSSR count). The van der Waals surface area contributed by atoms with E-state index in [1.165, 1.54) is 283 Å². The van der Waals surface area contributed by atoms with Crippen molar-refractivity contribution in [2.75, 3.05) is 13.2 Å². The van der Waals surface area contributed by atoms with E-state index in [9.17, 15) is 5.26 Å². The minimum Gasteiger partial charge on any atom is -0.378 e. The molecule has 0 unspecified atom stereocenters. The monoisotopic (exact) mass is 1120 g/mol. The lowest BCUT2D eigenvalue weighted by Crippen LogP contribution is -2.38. The number of ether oxygens (including phenoxy) is 2. The van der Waals surface area contributed by atoms with E-state index in [0.29, 0.717) is 24.0 Å². The summed E-state index contributed by atoms with van der Waals surface area (Å²) in [5.74, 6) is 19.0. The molecule has 0 aliphatic heterocycles. The molecule has 0 aromatic heterocycles. The first-order valence-electron chi connectivity index (χ1n) is 37.0. The third-order valence-corrected chi connectivity index (χ3v) is 26.9. The van der Waals surface area contributed by atoms with Crippen molar-refractivity contribution in [2.45, 2.75) is 342 Å². The normalized spacial score (nSPS) is 45.2. The Kier molecular flexibility index (Phi) is 26.5. The Hall–Kier alpha value is -0.160. The van der Waals surface area contributed by atoms with E-state index in [-0.39, 0.29) is 21.8 Å². The van der Waals surface area contributed by atoms with Crippen molar-refractivity contribution in [2.24, 2.45) is 118 Å². The van der Waals surface area contributed by atoms with Crippen molar-refractivity contribution >= 4 is 0 Å². The Morgan fingerprint density at radius 3 is 0.658 bits per heavy atom. The predicted octanol–water partition coefficient (Wildman–Crippen LogP) is 25.1. The molecule has 11 aliphatic rings. The van der Waals surface area contributed by atoms with E-state index >= 15 is 0 Å². The molecule has 0 radical (unpaired) electrons. The fraction of sp³-hybridized carbons (Fsp3) is 1.00. The summed E-state index contributed by atoms with van der Waals surface area (Å²) in [6.07, 6.45) is 64.6. The van der Waals surface area contributed by atoms with Gasteiger partial charge in [-0.1, -0.05) is 106 Å². The molecule has 0 amide bonds. The second kappa shape index (κ2) is 33.1. The summed E-state index contributed by atoms with van der Waals surface area (Å²) in [5.41, 5.74) is 0. The van der Waals surface area contributed by atoms with Crippen LogP contribution in [-0.2, 0) is 14.4 Å². The quantitative estimate of drug-likeness (QED) is 0.139. The highest BCUT2D eigenvalue weighted by Crippen LogP contribution is 2.49. The second-order valence-corrected chi connectivity index (χ2v) is 32.7. The molecule has 11 fully saturated rings. The molecular formula is C75H156O4. The van der Waals surface area contributed by atoms with Crippen molar-refractivity contribution in [1.29, 1.82) is 0 Å². The van der Waals surface area contributed by atoms with Gasteiger partial charge < -0.3 is 9.47 Å². The molecule has 0 aromatic carbocycles. The van der Waals surface area contributed by atoms with Crippen molar-refractivity contribution in [3.05, 3.63) is 0 Å². The summed E-state index contributed by atoms with van der Waals surface area (Å²) in [5, 5.41) is 9.82. The van der Waals surface area contributed by atoms with Crippen LogP contribution in [0.15, 0.2) is 0 Å². The first-order chi connectivity index (χ1) is 38.5. The lowest BCUT2D eigenvalue weighted by Gasteiger charge is -2.42. The Bertz CT molecular complexity index is 1520. The van der Waals surface area contributed by atoms with Gasteiger partial charge in [0.2, 0.25) is 0 Å². The molecule has 1 N–H and O–H groups in total.